The SMILES string of the molecule is CS(=O)(=O)Nc1ccccc1NC(=O)c1[nH]c2ccccc2c1Br. The van der Waals surface area contributed by atoms with Gasteiger partial charge in [0.2, 0.25) is 10.0 Å². The number of para-hydroxylation sites is 3. The number of carbonyl (C=O) groups excluding carboxylic acids is 1. The van der Waals surface area contributed by atoms with Crippen molar-refractivity contribution in [3.05, 3.63) is 58.7 Å². The number of hydrogen-bond donors (Lipinski definition) is 3. The van der Waals surface area contributed by atoms with Gasteiger partial charge < -0.3 is 10.3 Å². The molecule has 0 fully saturated rings. The predicted molar refractivity (Wildman–Crippen MR) is 98.9 cm³/mol. The molecule has 1 aromatic heterocycles. The minimum Gasteiger partial charge on any atom is -0.350 e. The van der Waals surface area contributed by atoms with Gasteiger partial charge in [-0.2, -0.15) is 0 Å². The molecule has 0 unspecified atom stereocenters. The largest absolute Gasteiger partial charge is 0.350 e. The van der Waals surface area contributed by atoms with Gasteiger partial charge in [0.1, 0.15) is 5.69 Å². The maximum Gasteiger partial charge on any atom is 0.273 e. The van der Waals surface area contributed by atoms with Gasteiger partial charge in [-0.25, -0.2) is 8.42 Å². The van der Waals surface area contributed by atoms with Gasteiger partial charge in [-0.3, -0.25) is 9.52 Å². The maximum atomic E-state index is 12.6. The molecule has 1 amide bonds. The Balaban J connectivity index is 1.94. The van der Waals surface area contributed by atoms with Crippen LogP contribution in [0.1, 0.15) is 10.5 Å². The lowest BCUT2D eigenvalue weighted by Gasteiger charge is -2.11. The molecule has 0 atom stereocenters. The van der Waals surface area contributed by atoms with Crippen molar-refractivity contribution in [2.75, 3.05) is 16.3 Å². The fourth-order valence-electron chi connectivity index (χ4n) is 2.33. The van der Waals surface area contributed by atoms with Crippen molar-refractivity contribution in [3.63, 3.8) is 0 Å². The Hall–Kier alpha value is -2.32. The molecule has 0 spiro atoms. The van der Waals surface area contributed by atoms with Gasteiger partial charge in [-0.15, -0.1) is 0 Å². The van der Waals surface area contributed by atoms with Gasteiger partial charge in [-0.1, -0.05) is 30.3 Å². The summed E-state index contributed by atoms with van der Waals surface area (Å²) in [5, 5.41) is 3.62. The summed E-state index contributed by atoms with van der Waals surface area (Å²) >= 11 is 3.43. The number of halogens is 1. The number of nitrogens with one attached hydrogen (secondary N) is 3. The first-order valence-corrected chi connectivity index (χ1v) is 9.68. The molecule has 2 aromatic carbocycles. The molecule has 0 radical (unpaired) electrons. The Labute approximate surface area is 147 Å². The Morgan fingerprint density at radius 3 is 2.33 bits per heavy atom. The summed E-state index contributed by atoms with van der Waals surface area (Å²) in [7, 11) is -3.45. The van der Waals surface area contributed by atoms with Crippen LogP contribution in [0.25, 0.3) is 10.9 Å². The molecule has 0 bridgehead atoms. The normalized spacial score (nSPS) is 11.4. The van der Waals surface area contributed by atoms with Crippen LogP contribution in [0.2, 0.25) is 0 Å². The second-order valence-electron chi connectivity index (χ2n) is 5.23. The second-order valence-corrected chi connectivity index (χ2v) is 7.77. The molecular formula is C16H14BrN3O3S. The lowest BCUT2D eigenvalue weighted by atomic mass is 10.2. The van der Waals surface area contributed by atoms with Crippen LogP contribution in [-0.4, -0.2) is 25.6 Å². The first-order chi connectivity index (χ1) is 11.3. The molecule has 8 heteroatoms. The van der Waals surface area contributed by atoms with E-state index in [9.17, 15) is 13.2 Å². The van der Waals surface area contributed by atoms with E-state index in [4.69, 9.17) is 0 Å². The van der Waals surface area contributed by atoms with Crippen LogP contribution < -0.4 is 10.0 Å². The van der Waals surface area contributed by atoms with E-state index in [1.807, 2.05) is 24.3 Å². The number of fused-ring (bicyclic) bond motifs is 1. The van der Waals surface area contributed by atoms with Crippen LogP contribution in [-0.2, 0) is 10.0 Å². The van der Waals surface area contributed by atoms with Crippen LogP contribution in [0.5, 0.6) is 0 Å². The second kappa shape index (κ2) is 6.29. The Bertz CT molecular complexity index is 1030. The Kier molecular flexibility index (Phi) is 4.33. The third-order valence-electron chi connectivity index (χ3n) is 3.34. The van der Waals surface area contributed by atoms with Crippen LogP contribution in [0.3, 0.4) is 0 Å². The molecule has 3 rings (SSSR count). The topological polar surface area (TPSA) is 91.1 Å². The van der Waals surface area contributed by atoms with Gasteiger partial charge in [0.15, 0.2) is 0 Å². The van der Waals surface area contributed by atoms with Crippen LogP contribution in [0, 0.1) is 0 Å². The van der Waals surface area contributed by atoms with Crippen molar-refractivity contribution < 1.29 is 13.2 Å². The summed E-state index contributed by atoms with van der Waals surface area (Å²) < 4.78 is 25.9. The summed E-state index contributed by atoms with van der Waals surface area (Å²) in [5.41, 5.74) is 1.88. The number of anilines is 2. The van der Waals surface area contributed by atoms with Crippen molar-refractivity contribution >= 4 is 54.1 Å². The molecule has 0 saturated carbocycles. The first-order valence-electron chi connectivity index (χ1n) is 6.99. The third kappa shape index (κ3) is 3.44. The Morgan fingerprint density at radius 1 is 1.04 bits per heavy atom. The van der Waals surface area contributed by atoms with Gasteiger partial charge in [0.25, 0.3) is 5.91 Å². The number of sulfonamides is 1. The van der Waals surface area contributed by atoms with E-state index in [0.717, 1.165) is 17.2 Å². The molecule has 0 saturated heterocycles. The number of aromatic amines is 1. The predicted octanol–water partition coefficient (Wildman–Crippen LogP) is 3.55. The number of rotatable bonds is 4. The fourth-order valence-corrected chi connectivity index (χ4v) is 3.53. The summed E-state index contributed by atoms with van der Waals surface area (Å²) in [6.07, 6.45) is 1.06. The van der Waals surface area contributed by atoms with Crippen molar-refractivity contribution in [2.45, 2.75) is 0 Å². The van der Waals surface area contributed by atoms with E-state index in [1.165, 1.54) is 0 Å². The molecule has 124 valence electrons. The van der Waals surface area contributed by atoms with E-state index >= 15 is 0 Å². The molecule has 6 nitrogen and oxygen atoms in total. The quantitative estimate of drug-likeness (QED) is 0.617. The number of aromatic nitrogens is 1. The fraction of sp³-hybridized carbons (Fsp3) is 0.0625. The highest BCUT2D eigenvalue weighted by molar-refractivity contribution is 9.10. The van der Waals surface area contributed by atoms with Gasteiger partial charge in [0, 0.05) is 10.9 Å². The van der Waals surface area contributed by atoms with Crippen LogP contribution in [0.15, 0.2) is 53.0 Å². The highest BCUT2D eigenvalue weighted by atomic mass is 79.9. The maximum absolute atomic E-state index is 12.6. The van der Waals surface area contributed by atoms with Gasteiger partial charge in [0.05, 0.1) is 22.1 Å². The summed E-state index contributed by atoms with van der Waals surface area (Å²) in [4.78, 5) is 15.6. The lowest BCUT2D eigenvalue weighted by Crippen LogP contribution is -2.16. The smallest absolute Gasteiger partial charge is 0.273 e. The summed E-state index contributed by atoms with van der Waals surface area (Å²) in [6.45, 7) is 0. The van der Waals surface area contributed by atoms with Crippen LogP contribution >= 0.6 is 15.9 Å². The first kappa shape index (κ1) is 16.5. The van der Waals surface area contributed by atoms with E-state index < -0.39 is 10.0 Å². The lowest BCUT2D eigenvalue weighted by molar-refractivity contribution is 0.102. The van der Waals surface area contributed by atoms with Crippen molar-refractivity contribution in [3.8, 4) is 0 Å². The zero-order valence-electron chi connectivity index (χ0n) is 12.6. The summed E-state index contributed by atoms with van der Waals surface area (Å²) in [6, 6.07) is 14.1. The van der Waals surface area contributed by atoms with Crippen LogP contribution in [0.4, 0.5) is 11.4 Å². The van der Waals surface area contributed by atoms with E-state index in [2.05, 4.69) is 31.0 Å². The van der Waals surface area contributed by atoms with E-state index in [0.29, 0.717) is 21.5 Å². The highest BCUT2D eigenvalue weighted by Gasteiger charge is 2.17. The average Bonchev–Trinajstić information content (AvgIpc) is 2.85. The highest BCUT2D eigenvalue weighted by Crippen LogP contribution is 2.29. The number of carbonyl (C=O) groups is 1. The minimum atomic E-state index is -3.45. The van der Waals surface area contributed by atoms with Crippen molar-refractivity contribution in [2.24, 2.45) is 0 Å². The molecular weight excluding hydrogens is 394 g/mol. The zero-order chi connectivity index (χ0) is 17.3. The number of hydrogen-bond acceptors (Lipinski definition) is 3. The third-order valence-corrected chi connectivity index (χ3v) is 4.75. The molecule has 1 heterocycles. The number of H-pyrrole nitrogens is 1. The van der Waals surface area contributed by atoms with E-state index in [1.54, 1.807) is 24.3 Å². The molecule has 0 aliphatic rings. The summed E-state index contributed by atoms with van der Waals surface area (Å²) in [5.74, 6) is -0.374. The minimum absolute atomic E-state index is 0.306. The van der Waals surface area contributed by atoms with Gasteiger partial charge in [-0.05, 0) is 34.1 Å². The number of amides is 1. The molecule has 24 heavy (non-hydrogen) atoms. The molecule has 0 aliphatic carbocycles. The van der Waals surface area contributed by atoms with Crippen molar-refractivity contribution in [1.29, 1.82) is 0 Å². The molecule has 0 aliphatic heterocycles. The average molecular weight is 408 g/mol. The molecule has 3 N–H and O–H groups in total. The number of benzene rings is 2. The Morgan fingerprint density at radius 2 is 1.67 bits per heavy atom. The standard InChI is InChI=1S/C16H14BrN3O3S/c1-24(22,23)20-13-9-5-4-8-12(13)19-16(21)15-14(17)10-6-2-3-7-11(10)18-15/h2-9,18,20H,1H3,(H,19,21). The monoisotopic (exact) mass is 407 g/mol. The zero-order valence-corrected chi connectivity index (χ0v) is 15.0. The van der Waals surface area contributed by atoms with E-state index in [-0.39, 0.29) is 5.91 Å². The van der Waals surface area contributed by atoms with Gasteiger partial charge >= 0.3 is 0 Å². The van der Waals surface area contributed by atoms with Crippen molar-refractivity contribution in [1.82, 2.24) is 4.98 Å². The molecule has 3 aromatic rings.